The van der Waals surface area contributed by atoms with Crippen LogP contribution in [-0.4, -0.2) is 48.8 Å². The molecule has 1 heterocycles. The molecule has 0 aromatic heterocycles. The fourth-order valence-electron chi connectivity index (χ4n) is 2.06. The lowest BCUT2D eigenvalue weighted by atomic mass is 10.0. The number of nitrogens with one attached hydrogen (secondary N) is 1. The Morgan fingerprint density at radius 2 is 2.07 bits per heavy atom. The van der Waals surface area contributed by atoms with Gasteiger partial charge in [0.25, 0.3) is 0 Å². The van der Waals surface area contributed by atoms with E-state index in [9.17, 15) is 0 Å². The summed E-state index contributed by atoms with van der Waals surface area (Å²) in [5.74, 6) is 0. The second-order valence-corrected chi connectivity index (χ2v) is 4.51. The van der Waals surface area contributed by atoms with E-state index in [4.69, 9.17) is 5.11 Å². The molecule has 0 bridgehead atoms. The van der Waals surface area contributed by atoms with Gasteiger partial charge >= 0.3 is 0 Å². The van der Waals surface area contributed by atoms with Crippen LogP contribution in [0.5, 0.6) is 0 Å². The van der Waals surface area contributed by atoms with E-state index in [1.165, 1.54) is 25.9 Å². The van der Waals surface area contributed by atoms with E-state index < -0.39 is 0 Å². The lowest BCUT2D eigenvalue weighted by Gasteiger charge is -2.31. The minimum Gasteiger partial charge on any atom is -0.396 e. The zero-order valence-electron chi connectivity index (χ0n) is 9.50. The molecule has 1 fully saturated rings. The Hall–Kier alpha value is -0.120. The van der Waals surface area contributed by atoms with Gasteiger partial charge in [0.1, 0.15) is 0 Å². The van der Waals surface area contributed by atoms with Crippen molar-refractivity contribution >= 4 is 0 Å². The molecule has 0 aromatic carbocycles. The first-order valence-electron chi connectivity index (χ1n) is 5.78. The van der Waals surface area contributed by atoms with Crippen LogP contribution >= 0.6 is 0 Å². The van der Waals surface area contributed by atoms with Gasteiger partial charge in [0.15, 0.2) is 0 Å². The summed E-state index contributed by atoms with van der Waals surface area (Å²) in [5, 5.41) is 12.4. The molecule has 0 saturated carbocycles. The molecule has 0 aliphatic carbocycles. The topological polar surface area (TPSA) is 35.5 Å². The van der Waals surface area contributed by atoms with Crippen LogP contribution in [0.1, 0.15) is 32.6 Å². The molecule has 1 unspecified atom stereocenters. The maximum absolute atomic E-state index is 8.72. The molecule has 0 aromatic rings. The monoisotopic (exact) mass is 200 g/mol. The molecule has 1 saturated heterocycles. The number of piperidine rings is 1. The summed E-state index contributed by atoms with van der Waals surface area (Å²) in [7, 11) is 2.19. The van der Waals surface area contributed by atoms with Crippen molar-refractivity contribution in [2.45, 2.75) is 44.7 Å². The van der Waals surface area contributed by atoms with Crippen LogP contribution in [0, 0.1) is 0 Å². The van der Waals surface area contributed by atoms with E-state index in [0.29, 0.717) is 18.7 Å². The number of hydrogen-bond acceptors (Lipinski definition) is 3. The van der Waals surface area contributed by atoms with Crippen molar-refractivity contribution in [1.82, 2.24) is 10.2 Å². The van der Waals surface area contributed by atoms with Crippen molar-refractivity contribution in [2.75, 3.05) is 26.7 Å². The van der Waals surface area contributed by atoms with E-state index in [-0.39, 0.29) is 0 Å². The lowest BCUT2D eigenvalue weighted by molar-refractivity contribution is 0.219. The zero-order chi connectivity index (χ0) is 10.4. The molecule has 14 heavy (non-hydrogen) atoms. The quantitative estimate of drug-likeness (QED) is 0.690. The van der Waals surface area contributed by atoms with Gasteiger partial charge in [-0.1, -0.05) is 0 Å². The minimum absolute atomic E-state index is 0.319. The van der Waals surface area contributed by atoms with Crippen molar-refractivity contribution in [2.24, 2.45) is 0 Å². The van der Waals surface area contributed by atoms with Gasteiger partial charge in [0.2, 0.25) is 0 Å². The van der Waals surface area contributed by atoms with Crippen LogP contribution in [0.4, 0.5) is 0 Å². The molecule has 1 rings (SSSR count). The van der Waals surface area contributed by atoms with Crippen molar-refractivity contribution in [3.63, 3.8) is 0 Å². The summed E-state index contributed by atoms with van der Waals surface area (Å²) < 4.78 is 0. The number of rotatable bonds is 5. The average molecular weight is 200 g/mol. The van der Waals surface area contributed by atoms with Gasteiger partial charge in [0, 0.05) is 18.7 Å². The van der Waals surface area contributed by atoms with Gasteiger partial charge < -0.3 is 15.3 Å². The Bertz CT molecular complexity index is 144. The summed E-state index contributed by atoms with van der Waals surface area (Å²) in [5.41, 5.74) is 0. The van der Waals surface area contributed by atoms with E-state index in [0.717, 1.165) is 12.8 Å². The Morgan fingerprint density at radius 1 is 1.43 bits per heavy atom. The van der Waals surface area contributed by atoms with Crippen molar-refractivity contribution in [3.05, 3.63) is 0 Å². The normalized spacial score (nSPS) is 22.5. The number of nitrogens with zero attached hydrogens (tertiary/aromatic N) is 1. The third-order valence-corrected chi connectivity index (χ3v) is 3.03. The molecule has 3 heteroatoms. The Balaban J connectivity index is 2.10. The molecule has 1 aliphatic heterocycles. The van der Waals surface area contributed by atoms with Gasteiger partial charge in [-0.15, -0.1) is 0 Å². The van der Waals surface area contributed by atoms with E-state index in [1.807, 2.05) is 0 Å². The van der Waals surface area contributed by atoms with Crippen molar-refractivity contribution in [1.29, 1.82) is 0 Å². The molecular weight excluding hydrogens is 176 g/mol. The fraction of sp³-hybridized carbons (Fsp3) is 1.00. The van der Waals surface area contributed by atoms with E-state index in [2.05, 4.69) is 24.2 Å². The summed E-state index contributed by atoms with van der Waals surface area (Å²) in [6.07, 6.45) is 4.53. The first-order chi connectivity index (χ1) is 6.72. The minimum atomic E-state index is 0.319. The van der Waals surface area contributed by atoms with Gasteiger partial charge in [-0.25, -0.2) is 0 Å². The largest absolute Gasteiger partial charge is 0.396 e. The second kappa shape index (κ2) is 6.38. The Kier molecular flexibility index (Phi) is 5.45. The van der Waals surface area contributed by atoms with Gasteiger partial charge in [-0.2, -0.15) is 0 Å². The second-order valence-electron chi connectivity index (χ2n) is 4.51. The van der Waals surface area contributed by atoms with E-state index in [1.54, 1.807) is 0 Å². The number of aliphatic hydroxyl groups is 1. The molecule has 0 amide bonds. The predicted molar refractivity (Wildman–Crippen MR) is 59.4 cm³/mol. The van der Waals surface area contributed by atoms with Crippen LogP contribution in [0.2, 0.25) is 0 Å². The third kappa shape index (κ3) is 4.40. The average Bonchev–Trinajstić information content (AvgIpc) is 2.18. The molecule has 0 spiro atoms. The van der Waals surface area contributed by atoms with Crippen molar-refractivity contribution in [3.8, 4) is 0 Å². The molecule has 3 nitrogen and oxygen atoms in total. The summed E-state index contributed by atoms with van der Waals surface area (Å²) in [6.45, 7) is 4.96. The highest BCUT2D eigenvalue weighted by Gasteiger charge is 2.17. The van der Waals surface area contributed by atoms with E-state index >= 15 is 0 Å². The predicted octanol–water partition coefficient (Wildman–Crippen LogP) is 0.831. The Morgan fingerprint density at radius 3 is 2.64 bits per heavy atom. The molecular formula is C11H24N2O. The molecule has 84 valence electrons. The van der Waals surface area contributed by atoms with Crippen LogP contribution in [0.15, 0.2) is 0 Å². The zero-order valence-corrected chi connectivity index (χ0v) is 9.50. The number of likely N-dealkylation sites (tertiary alicyclic amines) is 1. The van der Waals surface area contributed by atoms with Crippen LogP contribution < -0.4 is 5.32 Å². The summed E-state index contributed by atoms with van der Waals surface area (Å²) in [4.78, 5) is 2.39. The van der Waals surface area contributed by atoms with Gasteiger partial charge in [0.05, 0.1) is 0 Å². The smallest absolute Gasteiger partial charge is 0.0431 e. The molecule has 1 aliphatic rings. The van der Waals surface area contributed by atoms with Crippen LogP contribution in [-0.2, 0) is 0 Å². The molecule has 0 radical (unpaired) electrons. The highest BCUT2D eigenvalue weighted by Crippen LogP contribution is 2.10. The number of aliphatic hydroxyl groups excluding tert-OH is 1. The highest BCUT2D eigenvalue weighted by atomic mass is 16.2. The SMILES string of the molecule is CC(CCCO)NC1CCN(C)CC1. The maximum Gasteiger partial charge on any atom is 0.0431 e. The van der Waals surface area contributed by atoms with Gasteiger partial charge in [-0.3, -0.25) is 0 Å². The first kappa shape index (κ1) is 12.0. The fourth-order valence-corrected chi connectivity index (χ4v) is 2.06. The highest BCUT2D eigenvalue weighted by molar-refractivity contribution is 4.77. The number of hydrogen-bond donors (Lipinski definition) is 2. The van der Waals surface area contributed by atoms with Crippen LogP contribution in [0.3, 0.4) is 0 Å². The van der Waals surface area contributed by atoms with Gasteiger partial charge in [-0.05, 0) is 52.7 Å². The third-order valence-electron chi connectivity index (χ3n) is 3.03. The first-order valence-corrected chi connectivity index (χ1v) is 5.78. The molecule has 1 atom stereocenters. The summed E-state index contributed by atoms with van der Waals surface area (Å²) in [6, 6.07) is 1.25. The van der Waals surface area contributed by atoms with Crippen LogP contribution in [0.25, 0.3) is 0 Å². The maximum atomic E-state index is 8.72. The Labute approximate surface area is 87.5 Å². The standard InChI is InChI=1S/C11H24N2O/c1-10(4-3-9-14)12-11-5-7-13(2)8-6-11/h10-12,14H,3-9H2,1-2H3. The van der Waals surface area contributed by atoms with Crippen molar-refractivity contribution < 1.29 is 5.11 Å². The summed E-state index contributed by atoms with van der Waals surface area (Å²) >= 11 is 0. The molecule has 2 N–H and O–H groups in total. The lowest BCUT2D eigenvalue weighted by Crippen LogP contribution is -2.44.